The van der Waals surface area contributed by atoms with Crippen LogP contribution in [0.25, 0.3) is 5.82 Å². The molecule has 0 unspecified atom stereocenters. The molecule has 1 aliphatic rings. The van der Waals surface area contributed by atoms with E-state index < -0.39 is 10.0 Å². The van der Waals surface area contributed by atoms with Crippen LogP contribution in [0.1, 0.15) is 46.8 Å². The summed E-state index contributed by atoms with van der Waals surface area (Å²) in [6.45, 7) is 6.53. The van der Waals surface area contributed by atoms with Gasteiger partial charge in [-0.05, 0) is 63.9 Å². The van der Waals surface area contributed by atoms with E-state index in [0.29, 0.717) is 36.0 Å². The van der Waals surface area contributed by atoms with Crippen molar-refractivity contribution in [2.75, 3.05) is 19.7 Å². The fourth-order valence-corrected chi connectivity index (χ4v) is 5.56. The Hall–Kier alpha value is -2.91. The summed E-state index contributed by atoms with van der Waals surface area (Å²) >= 11 is 0. The van der Waals surface area contributed by atoms with Crippen LogP contribution in [0, 0.1) is 20.8 Å². The van der Waals surface area contributed by atoms with Crippen molar-refractivity contribution in [3.63, 3.8) is 0 Å². The number of rotatable bonds is 7. The Bertz CT molecular complexity index is 1220. The lowest BCUT2D eigenvalue weighted by molar-refractivity contribution is 0.0921. The molecule has 32 heavy (non-hydrogen) atoms. The van der Waals surface area contributed by atoms with E-state index in [4.69, 9.17) is 9.26 Å². The van der Waals surface area contributed by atoms with Gasteiger partial charge in [-0.3, -0.25) is 9.36 Å². The molecule has 1 aromatic carbocycles. The Labute approximate surface area is 187 Å². The van der Waals surface area contributed by atoms with Crippen molar-refractivity contribution in [2.45, 2.75) is 44.9 Å². The van der Waals surface area contributed by atoms with E-state index in [1.165, 1.54) is 16.4 Å². The molecule has 0 saturated carbocycles. The number of carbonyl (C=O) groups is 1. The van der Waals surface area contributed by atoms with E-state index in [2.05, 4.69) is 5.16 Å². The average Bonchev–Trinajstić information content (AvgIpc) is 3.34. The van der Waals surface area contributed by atoms with Crippen molar-refractivity contribution < 1.29 is 22.5 Å². The third-order valence-corrected chi connectivity index (χ3v) is 7.64. The van der Waals surface area contributed by atoms with Crippen LogP contribution in [0.2, 0.25) is 0 Å². The molecule has 8 nitrogen and oxygen atoms in total. The van der Waals surface area contributed by atoms with Crippen LogP contribution in [-0.2, 0) is 10.0 Å². The quantitative estimate of drug-likeness (QED) is 0.501. The minimum absolute atomic E-state index is 0.152. The summed E-state index contributed by atoms with van der Waals surface area (Å²) in [6, 6.07) is 9.85. The summed E-state index contributed by atoms with van der Waals surface area (Å²) in [5.74, 6) is 1.59. The van der Waals surface area contributed by atoms with E-state index in [1.54, 1.807) is 18.2 Å². The first-order valence-corrected chi connectivity index (χ1v) is 12.1. The maximum Gasteiger partial charge on any atom is 0.243 e. The predicted octanol–water partition coefficient (Wildman–Crippen LogP) is 3.83. The topological polar surface area (TPSA) is 94.6 Å². The second kappa shape index (κ2) is 8.91. The largest absolute Gasteiger partial charge is 0.485 e. The number of ether oxygens (including phenoxy) is 1. The smallest absolute Gasteiger partial charge is 0.243 e. The Morgan fingerprint density at radius 1 is 1.06 bits per heavy atom. The SMILES string of the molecule is Cc1cc(-n2c(C)cc(C(=O)COc3ccc(S(=O)(=O)N4CCCCC4)cc3)c2C)no1. The molecule has 1 saturated heterocycles. The standard InChI is InChI=1S/C23H27N3O5S/c1-16-13-21(18(3)26(16)23-14-17(2)31-24-23)22(27)15-30-19-7-9-20(10-8-19)32(28,29)25-11-5-4-6-12-25/h7-10,13-14H,4-6,11-12,15H2,1-3H3. The lowest BCUT2D eigenvalue weighted by atomic mass is 10.1. The first-order valence-electron chi connectivity index (χ1n) is 10.7. The maximum absolute atomic E-state index is 12.8. The number of carbonyl (C=O) groups excluding carboxylic acids is 1. The molecule has 0 amide bonds. The second-order valence-electron chi connectivity index (χ2n) is 8.06. The highest BCUT2D eigenvalue weighted by Gasteiger charge is 2.26. The molecule has 4 rings (SSSR count). The highest BCUT2D eigenvalue weighted by molar-refractivity contribution is 7.89. The molecular weight excluding hydrogens is 430 g/mol. The minimum atomic E-state index is -3.49. The van der Waals surface area contributed by atoms with Crippen LogP contribution in [0.4, 0.5) is 0 Å². The maximum atomic E-state index is 12.8. The predicted molar refractivity (Wildman–Crippen MR) is 119 cm³/mol. The van der Waals surface area contributed by atoms with E-state index in [1.807, 2.05) is 31.4 Å². The Morgan fingerprint density at radius 2 is 1.75 bits per heavy atom. The Balaban J connectivity index is 1.43. The zero-order chi connectivity index (χ0) is 22.9. The van der Waals surface area contributed by atoms with Gasteiger partial charge in [0.2, 0.25) is 15.8 Å². The van der Waals surface area contributed by atoms with Crippen LogP contribution in [0.15, 0.2) is 45.8 Å². The molecule has 2 aromatic heterocycles. The zero-order valence-electron chi connectivity index (χ0n) is 18.5. The third-order valence-electron chi connectivity index (χ3n) is 5.72. The normalized spacial score (nSPS) is 15.1. The van der Waals surface area contributed by atoms with Crippen molar-refractivity contribution in [2.24, 2.45) is 0 Å². The van der Waals surface area contributed by atoms with Crippen molar-refractivity contribution in [1.82, 2.24) is 14.0 Å². The van der Waals surface area contributed by atoms with Gasteiger partial charge in [0.15, 0.2) is 12.4 Å². The summed E-state index contributed by atoms with van der Waals surface area (Å²) in [4.78, 5) is 13.0. The number of aromatic nitrogens is 2. The van der Waals surface area contributed by atoms with E-state index in [0.717, 1.165) is 30.7 Å². The van der Waals surface area contributed by atoms with E-state index >= 15 is 0 Å². The Morgan fingerprint density at radius 3 is 2.38 bits per heavy atom. The molecule has 0 atom stereocenters. The van der Waals surface area contributed by atoms with Gasteiger partial charge in [0.25, 0.3) is 0 Å². The number of Topliss-reactive ketones (excluding diaryl/α,β-unsaturated/α-hetero) is 1. The van der Waals surface area contributed by atoms with Crippen molar-refractivity contribution in [1.29, 1.82) is 0 Å². The summed E-state index contributed by atoms with van der Waals surface area (Å²) in [6.07, 6.45) is 2.84. The number of hydrogen-bond donors (Lipinski definition) is 0. The monoisotopic (exact) mass is 457 g/mol. The lowest BCUT2D eigenvalue weighted by Gasteiger charge is -2.25. The second-order valence-corrected chi connectivity index (χ2v) is 10.0. The van der Waals surface area contributed by atoms with Gasteiger partial charge in [-0.2, -0.15) is 4.31 Å². The van der Waals surface area contributed by atoms with Crippen LogP contribution in [0.3, 0.4) is 0 Å². The van der Waals surface area contributed by atoms with Crippen LogP contribution < -0.4 is 4.74 Å². The van der Waals surface area contributed by atoms with Crippen LogP contribution in [0.5, 0.6) is 5.75 Å². The molecule has 0 radical (unpaired) electrons. The van der Waals surface area contributed by atoms with Gasteiger partial charge >= 0.3 is 0 Å². The molecule has 1 fully saturated rings. The van der Waals surface area contributed by atoms with Crippen LogP contribution >= 0.6 is 0 Å². The molecule has 170 valence electrons. The number of hydrogen-bond acceptors (Lipinski definition) is 6. The first-order chi connectivity index (χ1) is 15.3. The molecule has 3 heterocycles. The lowest BCUT2D eigenvalue weighted by Crippen LogP contribution is -2.35. The zero-order valence-corrected chi connectivity index (χ0v) is 19.3. The van der Waals surface area contributed by atoms with Gasteiger partial charge in [-0.25, -0.2) is 8.42 Å². The van der Waals surface area contributed by atoms with Gasteiger partial charge in [-0.1, -0.05) is 11.6 Å². The van der Waals surface area contributed by atoms with Gasteiger partial charge in [0.1, 0.15) is 11.5 Å². The summed E-state index contributed by atoms with van der Waals surface area (Å²) in [5, 5.41) is 4.03. The van der Waals surface area contributed by atoms with Crippen molar-refractivity contribution in [3.05, 3.63) is 59.1 Å². The number of ketones is 1. The molecule has 0 aliphatic carbocycles. The molecule has 9 heteroatoms. The van der Waals surface area contributed by atoms with E-state index in [9.17, 15) is 13.2 Å². The highest BCUT2D eigenvalue weighted by atomic mass is 32.2. The van der Waals surface area contributed by atoms with E-state index in [-0.39, 0.29) is 17.3 Å². The van der Waals surface area contributed by atoms with Gasteiger partial charge < -0.3 is 9.26 Å². The molecule has 0 N–H and O–H groups in total. The summed E-state index contributed by atoms with van der Waals surface area (Å²) < 4.78 is 39.7. The molecule has 0 bridgehead atoms. The molecular formula is C23H27N3O5S. The minimum Gasteiger partial charge on any atom is -0.485 e. The highest BCUT2D eigenvalue weighted by Crippen LogP contribution is 2.24. The van der Waals surface area contributed by atoms with Crippen LogP contribution in [-0.4, -0.2) is 47.9 Å². The molecule has 1 aliphatic heterocycles. The van der Waals surface area contributed by atoms with Gasteiger partial charge in [0.05, 0.1) is 4.90 Å². The number of benzene rings is 1. The third kappa shape index (κ3) is 4.35. The number of aryl methyl sites for hydroxylation is 2. The summed E-state index contributed by atoms with van der Waals surface area (Å²) in [7, 11) is -3.49. The average molecular weight is 458 g/mol. The number of piperidine rings is 1. The molecule has 0 spiro atoms. The Kier molecular flexibility index (Phi) is 6.21. The number of sulfonamides is 1. The van der Waals surface area contributed by atoms with Gasteiger partial charge in [-0.15, -0.1) is 0 Å². The number of nitrogens with zero attached hydrogens (tertiary/aromatic N) is 3. The van der Waals surface area contributed by atoms with Gasteiger partial charge in [0, 0.05) is 36.1 Å². The van der Waals surface area contributed by atoms with Crippen molar-refractivity contribution >= 4 is 15.8 Å². The fourth-order valence-electron chi connectivity index (χ4n) is 4.05. The fraction of sp³-hybridized carbons (Fsp3) is 0.391. The molecule has 3 aromatic rings. The first kappa shape index (κ1) is 22.3. The summed E-state index contributed by atoms with van der Waals surface area (Å²) in [5.41, 5.74) is 2.17. The van der Waals surface area contributed by atoms with Crippen molar-refractivity contribution in [3.8, 4) is 11.6 Å².